The highest BCUT2D eigenvalue weighted by molar-refractivity contribution is 7.11. The third-order valence-corrected chi connectivity index (χ3v) is 4.05. The molecule has 2 N–H and O–H groups in total. The molecule has 0 radical (unpaired) electrons. The fourth-order valence-corrected chi connectivity index (χ4v) is 2.65. The van der Waals surface area contributed by atoms with Crippen molar-refractivity contribution < 1.29 is 0 Å². The Bertz CT molecular complexity index is 615. The van der Waals surface area contributed by atoms with Crippen molar-refractivity contribution in [3.63, 3.8) is 0 Å². The molecule has 0 fully saturated rings. The molecule has 2 aromatic heterocycles. The molecule has 2 rings (SSSR count). The van der Waals surface area contributed by atoms with Gasteiger partial charge in [0.05, 0.1) is 24.5 Å². The van der Waals surface area contributed by atoms with E-state index in [1.807, 2.05) is 19.9 Å². The van der Waals surface area contributed by atoms with Gasteiger partial charge in [-0.3, -0.25) is 4.99 Å². The zero-order chi connectivity index (χ0) is 15.2. The van der Waals surface area contributed by atoms with Crippen LogP contribution in [0, 0.1) is 20.8 Å². The molecule has 0 aliphatic rings. The van der Waals surface area contributed by atoms with Gasteiger partial charge in [0.2, 0.25) is 0 Å². The largest absolute Gasteiger partial charge is 0.351 e. The van der Waals surface area contributed by atoms with E-state index in [1.165, 1.54) is 4.88 Å². The highest BCUT2D eigenvalue weighted by Gasteiger charge is 2.05. The predicted octanol–water partition coefficient (Wildman–Crippen LogP) is 1.72. The van der Waals surface area contributed by atoms with Gasteiger partial charge in [0.1, 0.15) is 10.8 Å². The molecule has 112 valence electrons. The van der Waals surface area contributed by atoms with Gasteiger partial charge in [-0.05, 0) is 26.8 Å². The Hall–Kier alpha value is -2.02. The van der Waals surface area contributed by atoms with Crippen LogP contribution in [0.1, 0.15) is 27.1 Å². The van der Waals surface area contributed by atoms with Crippen molar-refractivity contribution in [2.75, 3.05) is 7.05 Å². The van der Waals surface area contributed by atoms with Gasteiger partial charge in [-0.1, -0.05) is 0 Å². The molecule has 0 amide bonds. The van der Waals surface area contributed by atoms with Crippen molar-refractivity contribution in [1.29, 1.82) is 0 Å². The zero-order valence-corrected chi connectivity index (χ0v) is 13.6. The van der Waals surface area contributed by atoms with E-state index in [9.17, 15) is 0 Å². The zero-order valence-electron chi connectivity index (χ0n) is 12.8. The molecule has 2 aromatic rings. The first-order valence-corrected chi connectivity index (χ1v) is 7.56. The molecule has 0 aliphatic carbocycles. The minimum Gasteiger partial charge on any atom is -0.351 e. The number of hydrogen-bond donors (Lipinski definition) is 2. The molecule has 0 aliphatic heterocycles. The normalized spacial score (nSPS) is 11.5. The van der Waals surface area contributed by atoms with E-state index in [1.54, 1.807) is 24.6 Å². The monoisotopic (exact) mass is 304 g/mol. The molecule has 0 atom stereocenters. The third kappa shape index (κ3) is 4.49. The molecule has 2 heterocycles. The van der Waals surface area contributed by atoms with E-state index < -0.39 is 0 Å². The Balaban J connectivity index is 1.86. The van der Waals surface area contributed by atoms with Crippen LogP contribution in [0.2, 0.25) is 0 Å². The second-order valence-electron chi connectivity index (χ2n) is 4.62. The minimum absolute atomic E-state index is 0.610. The maximum absolute atomic E-state index is 4.50. The third-order valence-electron chi connectivity index (χ3n) is 2.97. The number of guanidine groups is 1. The van der Waals surface area contributed by atoms with Crippen LogP contribution in [0.3, 0.4) is 0 Å². The molecule has 0 saturated heterocycles. The Morgan fingerprint density at radius 2 is 1.95 bits per heavy atom. The summed E-state index contributed by atoms with van der Waals surface area (Å²) in [6, 6.07) is 1.89. The highest BCUT2D eigenvalue weighted by atomic mass is 32.1. The smallest absolute Gasteiger partial charge is 0.191 e. The Labute approximate surface area is 128 Å². The van der Waals surface area contributed by atoms with Gasteiger partial charge in [-0.25, -0.2) is 15.0 Å². The van der Waals surface area contributed by atoms with Gasteiger partial charge in [0, 0.05) is 18.1 Å². The topological polar surface area (TPSA) is 75.1 Å². The fourth-order valence-electron chi connectivity index (χ4n) is 1.77. The summed E-state index contributed by atoms with van der Waals surface area (Å²) in [7, 11) is 1.75. The van der Waals surface area contributed by atoms with E-state index in [0.29, 0.717) is 13.1 Å². The van der Waals surface area contributed by atoms with Gasteiger partial charge in [-0.15, -0.1) is 11.3 Å². The summed E-state index contributed by atoms with van der Waals surface area (Å²) in [6.07, 6.45) is 1.76. The lowest BCUT2D eigenvalue weighted by Gasteiger charge is -2.10. The molecule has 0 bridgehead atoms. The molecular weight excluding hydrogens is 284 g/mol. The van der Waals surface area contributed by atoms with E-state index >= 15 is 0 Å². The summed E-state index contributed by atoms with van der Waals surface area (Å²) in [6.45, 7) is 7.27. The number of aliphatic imine (C=N–C) groups is 1. The number of nitrogens with one attached hydrogen (secondary N) is 2. The molecule has 0 spiro atoms. The molecule has 0 unspecified atom stereocenters. The second-order valence-corrected chi connectivity index (χ2v) is 5.91. The summed E-state index contributed by atoms with van der Waals surface area (Å²) >= 11 is 1.71. The lowest BCUT2D eigenvalue weighted by Crippen LogP contribution is -2.36. The first kappa shape index (κ1) is 15.4. The van der Waals surface area contributed by atoms with Crippen LogP contribution < -0.4 is 10.6 Å². The summed E-state index contributed by atoms with van der Waals surface area (Å²) in [5.41, 5.74) is 2.03. The van der Waals surface area contributed by atoms with Crippen LogP contribution >= 0.6 is 11.3 Å². The van der Waals surface area contributed by atoms with E-state index in [2.05, 4.69) is 37.5 Å². The maximum atomic E-state index is 4.50. The summed E-state index contributed by atoms with van der Waals surface area (Å²) in [4.78, 5) is 18.4. The average molecular weight is 304 g/mol. The number of thiazole rings is 1. The molecule has 21 heavy (non-hydrogen) atoms. The van der Waals surface area contributed by atoms with Crippen LogP contribution in [0.25, 0.3) is 0 Å². The van der Waals surface area contributed by atoms with Crippen LogP contribution in [0.15, 0.2) is 17.3 Å². The molecule has 0 saturated carbocycles. The number of rotatable bonds is 4. The SMILES string of the molecule is CN=C(NCc1ccnc(C)n1)NCc1nc(C)c(C)s1. The van der Waals surface area contributed by atoms with Crippen molar-refractivity contribution in [1.82, 2.24) is 25.6 Å². The Morgan fingerprint density at radius 1 is 1.19 bits per heavy atom. The van der Waals surface area contributed by atoms with Gasteiger partial charge in [0.15, 0.2) is 5.96 Å². The average Bonchev–Trinajstić information content (AvgIpc) is 2.78. The van der Waals surface area contributed by atoms with Crippen LogP contribution in [0.4, 0.5) is 0 Å². The van der Waals surface area contributed by atoms with Crippen LogP contribution in [0.5, 0.6) is 0 Å². The molecular formula is C14H20N6S. The first-order chi connectivity index (χ1) is 10.1. The van der Waals surface area contributed by atoms with Gasteiger partial charge in [0.25, 0.3) is 0 Å². The fraction of sp³-hybridized carbons (Fsp3) is 0.429. The lowest BCUT2D eigenvalue weighted by atomic mass is 10.4. The van der Waals surface area contributed by atoms with Crippen molar-refractivity contribution in [2.45, 2.75) is 33.9 Å². The van der Waals surface area contributed by atoms with Crippen molar-refractivity contribution in [2.24, 2.45) is 4.99 Å². The standard InChI is InChI=1S/C14H20N6S/c1-9-10(2)21-13(19-9)8-18-14(15-4)17-7-12-5-6-16-11(3)20-12/h5-6H,7-8H2,1-4H3,(H2,15,17,18). The second kappa shape index (κ2) is 7.12. The number of aryl methyl sites for hydroxylation is 3. The number of aromatic nitrogens is 3. The Kier molecular flexibility index (Phi) is 5.21. The first-order valence-electron chi connectivity index (χ1n) is 6.74. The summed E-state index contributed by atoms with van der Waals surface area (Å²) < 4.78 is 0. The minimum atomic E-state index is 0.610. The summed E-state index contributed by atoms with van der Waals surface area (Å²) in [5, 5.41) is 7.55. The van der Waals surface area contributed by atoms with Crippen molar-refractivity contribution in [3.05, 3.63) is 39.4 Å². The molecule has 6 nitrogen and oxygen atoms in total. The van der Waals surface area contributed by atoms with Gasteiger partial charge >= 0.3 is 0 Å². The van der Waals surface area contributed by atoms with Gasteiger partial charge < -0.3 is 10.6 Å². The quantitative estimate of drug-likeness (QED) is 0.664. The number of nitrogens with zero attached hydrogens (tertiary/aromatic N) is 4. The van der Waals surface area contributed by atoms with E-state index in [4.69, 9.17) is 0 Å². The Morgan fingerprint density at radius 3 is 2.57 bits per heavy atom. The number of hydrogen-bond acceptors (Lipinski definition) is 5. The van der Waals surface area contributed by atoms with E-state index in [0.717, 1.165) is 28.2 Å². The maximum Gasteiger partial charge on any atom is 0.191 e. The highest BCUT2D eigenvalue weighted by Crippen LogP contribution is 2.15. The van der Waals surface area contributed by atoms with E-state index in [-0.39, 0.29) is 0 Å². The predicted molar refractivity (Wildman–Crippen MR) is 85.4 cm³/mol. The van der Waals surface area contributed by atoms with Crippen molar-refractivity contribution >= 4 is 17.3 Å². The molecule has 7 heteroatoms. The molecule has 0 aromatic carbocycles. The van der Waals surface area contributed by atoms with Gasteiger partial charge in [-0.2, -0.15) is 0 Å². The lowest BCUT2D eigenvalue weighted by molar-refractivity contribution is 0.782. The summed E-state index contributed by atoms with van der Waals surface area (Å²) in [5.74, 6) is 1.50. The van der Waals surface area contributed by atoms with Crippen LogP contribution in [-0.2, 0) is 13.1 Å². The van der Waals surface area contributed by atoms with Crippen LogP contribution in [-0.4, -0.2) is 28.0 Å². The van der Waals surface area contributed by atoms with Crippen molar-refractivity contribution in [3.8, 4) is 0 Å².